The van der Waals surface area contributed by atoms with Gasteiger partial charge in [0.2, 0.25) is 5.95 Å². The summed E-state index contributed by atoms with van der Waals surface area (Å²) in [7, 11) is 0. The number of aromatic nitrogens is 1. The Hall–Kier alpha value is -1.61. The zero-order valence-corrected chi connectivity index (χ0v) is 9.42. The molecule has 1 heterocycles. The third-order valence-electron chi connectivity index (χ3n) is 2.25. The molecule has 0 aliphatic heterocycles. The van der Waals surface area contributed by atoms with E-state index >= 15 is 0 Å². The number of nitrogens with zero attached hydrogens (tertiary/aromatic N) is 1. The number of benzene rings is 1. The molecule has 0 fully saturated rings. The van der Waals surface area contributed by atoms with Crippen LogP contribution in [0.3, 0.4) is 0 Å². The topological polar surface area (TPSA) is 24.9 Å². The second-order valence-corrected chi connectivity index (χ2v) is 3.79. The van der Waals surface area contributed by atoms with Gasteiger partial charge in [-0.15, -0.1) is 0 Å². The van der Waals surface area contributed by atoms with Gasteiger partial charge in [-0.3, -0.25) is 0 Å². The van der Waals surface area contributed by atoms with Crippen LogP contribution in [0, 0.1) is 12.9 Å². The maximum absolute atomic E-state index is 12.9. The summed E-state index contributed by atoms with van der Waals surface area (Å²) in [5.74, 6) is -0.0463. The summed E-state index contributed by atoms with van der Waals surface area (Å²) in [5, 5.41) is 3.69. The van der Waals surface area contributed by atoms with E-state index in [0.29, 0.717) is 10.8 Å². The Morgan fingerprint density at radius 3 is 2.69 bits per heavy atom. The predicted molar refractivity (Wildman–Crippen MR) is 63.7 cm³/mol. The van der Waals surface area contributed by atoms with Crippen molar-refractivity contribution in [3.63, 3.8) is 0 Å². The fraction of sp³-hybridized carbons (Fsp3) is 0.0833. The molecule has 82 valence electrons. The Morgan fingerprint density at radius 1 is 1.19 bits per heavy atom. The third kappa shape index (κ3) is 2.31. The van der Waals surface area contributed by atoms with E-state index in [4.69, 9.17) is 11.6 Å². The van der Waals surface area contributed by atoms with Gasteiger partial charge in [0.25, 0.3) is 0 Å². The average Bonchev–Trinajstić information content (AvgIpc) is 2.25. The Kier molecular flexibility index (Phi) is 3.06. The molecular weight excluding hydrogens is 227 g/mol. The number of pyridine rings is 1. The minimum Gasteiger partial charge on any atom is -0.340 e. The molecule has 0 spiro atoms. The van der Waals surface area contributed by atoms with Crippen LogP contribution in [0.4, 0.5) is 15.9 Å². The first-order chi connectivity index (χ1) is 7.66. The lowest BCUT2D eigenvalue weighted by molar-refractivity contribution is 0.585. The standard InChI is InChI=1S/C12H10ClFN2/c1-8-9(13)4-2-5-10(8)15-12-7-3-6-11(14)16-12/h2-7H,1H3,(H,15,16). The minimum atomic E-state index is -0.510. The molecule has 0 amide bonds. The highest BCUT2D eigenvalue weighted by atomic mass is 35.5. The van der Waals surface area contributed by atoms with E-state index in [-0.39, 0.29) is 0 Å². The molecule has 0 unspecified atom stereocenters. The summed E-state index contributed by atoms with van der Waals surface area (Å²) in [6.07, 6.45) is 0. The Bertz CT molecular complexity index is 514. The lowest BCUT2D eigenvalue weighted by atomic mass is 10.2. The molecule has 0 aliphatic carbocycles. The lowest BCUT2D eigenvalue weighted by Gasteiger charge is -2.09. The predicted octanol–water partition coefficient (Wildman–Crippen LogP) is 3.93. The highest BCUT2D eigenvalue weighted by Crippen LogP contribution is 2.25. The fourth-order valence-corrected chi connectivity index (χ4v) is 1.53. The highest BCUT2D eigenvalue weighted by Gasteiger charge is 2.03. The molecule has 2 nitrogen and oxygen atoms in total. The summed E-state index contributed by atoms with van der Waals surface area (Å²) in [6, 6.07) is 10.1. The van der Waals surface area contributed by atoms with E-state index in [1.165, 1.54) is 6.07 Å². The highest BCUT2D eigenvalue weighted by molar-refractivity contribution is 6.31. The second-order valence-electron chi connectivity index (χ2n) is 3.38. The molecule has 1 aromatic heterocycles. The monoisotopic (exact) mass is 236 g/mol. The Balaban J connectivity index is 2.31. The average molecular weight is 237 g/mol. The largest absolute Gasteiger partial charge is 0.340 e. The number of nitrogens with one attached hydrogen (secondary N) is 1. The number of anilines is 2. The van der Waals surface area contributed by atoms with E-state index in [1.807, 2.05) is 19.1 Å². The zero-order chi connectivity index (χ0) is 11.5. The van der Waals surface area contributed by atoms with Crippen LogP contribution in [0.5, 0.6) is 0 Å². The molecule has 0 bridgehead atoms. The van der Waals surface area contributed by atoms with E-state index in [0.717, 1.165) is 11.3 Å². The van der Waals surface area contributed by atoms with Gasteiger partial charge in [-0.2, -0.15) is 4.39 Å². The molecule has 4 heteroatoms. The minimum absolute atomic E-state index is 0.463. The third-order valence-corrected chi connectivity index (χ3v) is 2.66. The van der Waals surface area contributed by atoms with E-state index in [9.17, 15) is 4.39 Å². The number of rotatable bonds is 2. The van der Waals surface area contributed by atoms with Crippen LogP contribution in [0.2, 0.25) is 5.02 Å². The summed E-state index contributed by atoms with van der Waals surface area (Å²) in [4.78, 5) is 3.72. The normalized spacial score (nSPS) is 10.2. The first kappa shape index (κ1) is 10.9. The van der Waals surface area contributed by atoms with Gasteiger partial charge in [0.1, 0.15) is 5.82 Å². The molecule has 0 radical (unpaired) electrons. The molecule has 2 rings (SSSR count). The second kappa shape index (κ2) is 4.49. The van der Waals surface area contributed by atoms with Crippen LogP contribution in [-0.4, -0.2) is 4.98 Å². The lowest BCUT2D eigenvalue weighted by Crippen LogP contribution is -1.96. The zero-order valence-electron chi connectivity index (χ0n) is 8.67. The SMILES string of the molecule is Cc1c(Cl)cccc1Nc1cccc(F)n1. The van der Waals surface area contributed by atoms with Gasteiger partial charge in [0, 0.05) is 10.7 Å². The molecule has 0 atom stereocenters. The van der Waals surface area contributed by atoms with Crippen LogP contribution in [0.1, 0.15) is 5.56 Å². The van der Waals surface area contributed by atoms with Crippen molar-refractivity contribution in [3.8, 4) is 0 Å². The Morgan fingerprint density at radius 2 is 1.94 bits per heavy atom. The van der Waals surface area contributed by atoms with Crippen LogP contribution in [0.25, 0.3) is 0 Å². The van der Waals surface area contributed by atoms with Crippen molar-refractivity contribution in [1.29, 1.82) is 0 Å². The van der Waals surface area contributed by atoms with Crippen molar-refractivity contribution < 1.29 is 4.39 Å². The van der Waals surface area contributed by atoms with Crippen molar-refractivity contribution >= 4 is 23.1 Å². The molecule has 2 aromatic rings. The number of hydrogen-bond acceptors (Lipinski definition) is 2. The quantitative estimate of drug-likeness (QED) is 0.800. The van der Waals surface area contributed by atoms with Crippen molar-refractivity contribution in [2.75, 3.05) is 5.32 Å². The summed E-state index contributed by atoms with van der Waals surface area (Å²) < 4.78 is 12.9. The summed E-state index contributed by atoms with van der Waals surface area (Å²) >= 11 is 5.98. The van der Waals surface area contributed by atoms with Gasteiger partial charge < -0.3 is 5.32 Å². The first-order valence-corrected chi connectivity index (χ1v) is 5.19. The van der Waals surface area contributed by atoms with Crippen LogP contribution in [0.15, 0.2) is 36.4 Å². The van der Waals surface area contributed by atoms with E-state index < -0.39 is 5.95 Å². The molecule has 1 aromatic carbocycles. The molecular formula is C12H10ClFN2. The van der Waals surface area contributed by atoms with Crippen molar-refractivity contribution in [2.45, 2.75) is 6.92 Å². The summed E-state index contributed by atoms with van der Waals surface area (Å²) in [6.45, 7) is 1.89. The maximum atomic E-state index is 12.9. The molecule has 0 saturated carbocycles. The maximum Gasteiger partial charge on any atom is 0.214 e. The van der Waals surface area contributed by atoms with Gasteiger partial charge in [-0.25, -0.2) is 4.98 Å². The first-order valence-electron chi connectivity index (χ1n) is 4.81. The van der Waals surface area contributed by atoms with E-state index in [1.54, 1.807) is 18.2 Å². The molecule has 0 aliphatic rings. The van der Waals surface area contributed by atoms with Crippen LogP contribution >= 0.6 is 11.6 Å². The van der Waals surface area contributed by atoms with Crippen LogP contribution in [-0.2, 0) is 0 Å². The van der Waals surface area contributed by atoms with Gasteiger partial charge in [0.05, 0.1) is 0 Å². The van der Waals surface area contributed by atoms with Gasteiger partial charge >= 0.3 is 0 Å². The smallest absolute Gasteiger partial charge is 0.214 e. The number of halogens is 2. The van der Waals surface area contributed by atoms with Crippen molar-refractivity contribution in [1.82, 2.24) is 4.98 Å². The Labute approximate surface area is 98.1 Å². The van der Waals surface area contributed by atoms with Crippen molar-refractivity contribution in [3.05, 3.63) is 52.9 Å². The van der Waals surface area contributed by atoms with Crippen LogP contribution < -0.4 is 5.32 Å². The fourth-order valence-electron chi connectivity index (χ4n) is 1.36. The van der Waals surface area contributed by atoms with Crippen molar-refractivity contribution in [2.24, 2.45) is 0 Å². The molecule has 0 saturated heterocycles. The van der Waals surface area contributed by atoms with Gasteiger partial charge in [0.15, 0.2) is 0 Å². The molecule has 1 N–H and O–H groups in total. The van der Waals surface area contributed by atoms with Gasteiger partial charge in [-0.1, -0.05) is 23.7 Å². The molecule has 16 heavy (non-hydrogen) atoms. The summed E-state index contributed by atoms with van der Waals surface area (Å²) in [5.41, 5.74) is 1.74. The van der Waals surface area contributed by atoms with E-state index in [2.05, 4.69) is 10.3 Å². The van der Waals surface area contributed by atoms with Gasteiger partial charge in [-0.05, 0) is 36.8 Å². The number of hydrogen-bond donors (Lipinski definition) is 1.